The number of rotatable bonds is 5. The molecule has 2 aliphatic rings. The number of sulfonamides is 1. The van der Waals surface area contributed by atoms with Gasteiger partial charge in [0.15, 0.2) is 0 Å². The largest absolute Gasteiger partial charge is 0.371 e. The quantitative estimate of drug-likeness (QED) is 0.768. The van der Waals surface area contributed by atoms with Crippen molar-refractivity contribution in [1.29, 1.82) is 0 Å². The standard InChI is InChI=1S/C24H31N3O3S/c1-18-5-3-13-26(17-18)22-9-7-20(8-10-22)16-25-31(29,30)23-11-12-24-21(15-23)6-4-14-27(24)19(2)28/h7-12,15,18,25H,3-6,13-14,16-17H2,1-2H3/t18-/m1/s1. The van der Waals surface area contributed by atoms with Crippen LogP contribution in [0.1, 0.15) is 44.2 Å². The third kappa shape index (κ3) is 4.93. The predicted molar refractivity (Wildman–Crippen MR) is 124 cm³/mol. The molecule has 0 spiro atoms. The average Bonchev–Trinajstić information content (AvgIpc) is 2.77. The van der Waals surface area contributed by atoms with E-state index >= 15 is 0 Å². The predicted octanol–water partition coefficient (Wildman–Crippen LogP) is 3.70. The summed E-state index contributed by atoms with van der Waals surface area (Å²) in [7, 11) is -3.63. The topological polar surface area (TPSA) is 69.7 Å². The minimum absolute atomic E-state index is 0.0165. The SMILES string of the molecule is CC(=O)N1CCCc2cc(S(=O)(=O)NCc3ccc(N4CCC[C@@H](C)C4)cc3)ccc21. The van der Waals surface area contributed by atoms with Crippen LogP contribution in [0, 0.1) is 5.92 Å². The molecule has 0 saturated carbocycles. The summed E-state index contributed by atoms with van der Waals surface area (Å²) in [5.74, 6) is 0.691. The van der Waals surface area contributed by atoms with Crippen LogP contribution in [0.15, 0.2) is 47.4 Å². The second-order valence-corrected chi connectivity index (χ2v) is 10.5. The summed E-state index contributed by atoms with van der Waals surface area (Å²) in [5.41, 5.74) is 3.85. The molecule has 0 bridgehead atoms. The lowest BCUT2D eigenvalue weighted by atomic mass is 9.99. The number of carbonyl (C=O) groups excluding carboxylic acids is 1. The zero-order valence-electron chi connectivity index (χ0n) is 18.3. The molecule has 2 aromatic rings. The third-order valence-electron chi connectivity index (χ3n) is 6.28. The first kappa shape index (κ1) is 21.8. The molecule has 166 valence electrons. The van der Waals surface area contributed by atoms with Gasteiger partial charge >= 0.3 is 0 Å². The molecule has 1 amide bonds. The van der Waals surface area contributed by atoms with Crippen molar-refractivity contribution < 1.29 is 13.2 Å². The minimum Gasteiger partial charge on any atom is -0.371 e. The fourth-order valence-electron chi connectivity index (χ4n) is 4.58. The number of amides is 1. The number of hydrogen-bond donors (Lipinski definition) is 1. The third-order valence-corrected chi connectivity index (χ3v) is 7.68. The molecular formula is C24H31N3O3S. The van der Waals surface area contributed by atoms with Crippen molar-refractivity contribution in [3.63, 3.8) is 0 Å². The van der Waals surface area contributed by atoms with Crippen molar-refractivity contribution in [3.8, 4) is 0 Å². The number of carbonyl (C=O) groups is 1. The summed E-state index contributed by atoms with van der Waals surface area (Å²) >= 11 is 0. The van der Waals surface area contributed by atoms with Gasteiger partial charge in [-0.25, -0.2) is 13.1 Å². The maximum absolute atomic E-state index is 12.9. The normalized spacial score (nSPS) is 19.2. The maximum Gasteiger partial charge on any atom is 0.240 e. The first-order valence-electron chi connectivity index (χ1n) is 11.1. The van der Waals surface area contributed by atoms with Crippen LogP contribution >= 0.6 is 0 Å². The van der Waals surface area contributed by atoms with Crippen molar-refractivity contribution >= 4 is 27.3 Å². The average molecular weight is 442 g/mol. The highest BCUT2D eigenvalue weighted by Crippen LogP contribution is 2.29. The number of nitrogens with zero attached hydrogens (tertiary/aromatic N) is 2. The Balaban J connectivity index is 1.43. The van der Waals surface area contributed by atoms with Gasteiger partial charge in [0, 0.05) is 44.5 Å². The Labute approximate surface area is 185 Å². The van der Waals surface area contributed by atoms with E-state index in [0.717, 1.165) is 42.7 Å². The maximum atomic E-state index is 12.9. The van der Waals surface area contributed by atoms with Gasteiger partial charge < -0.3 is 9.80 Å². The smallest absolute Gasteiger partial charge is 0.240 e. The molecular weight excluding hydrogens is 410 g/mol. The Kier molecular flexibility index (Phi) is 6.34. The van der Waals surface area contributed by atoms with E-state index < -0.39 is 10.0 Å². The van der Waals surface area contributed by atoms with E-state index in [-0.39, 0.29) is 17.3 Å². The van der Waals surface area contributed by atoms with E-state index in [0.29, 0.717) is 12.5 Å². The monoisotopic (exact) mass is 441 g/mol. The molecule has 2 aliphatic heterocycles. The molecule has 1 fully saturated rings. The number of benzene rings is 2. The van der Waals surface area contributed by atoms with E-state index in [4.69, 9.17) is 0 Å². The van der Waals surface area contributed by atoms with Crippen molar-refractivity contribution in [1.82, 2.24) is 4.72 Å². The number of anilines is 2. The molecule has 0 aliphatic carbocycles. The van der Waals surface area contributed by atoms with Gasteiger partial charge in [0.1, 0.15) is 0 Å². The molecule has 7 heteroatoms. The first-order valence-corrected chi connectivity index (χ1v) is 12.6. The van der Waals surface area contributed by atoms with Crippen molar-refractivity contribution in [2.45, 2.75) is 51.0 Å². The zero-order chi connectivity index (χ0) is 22.0. The number of aryl methyl sites for hydroxylation is 1. The van der Waals surface area contributed by atoms with Crippen LogP contribution in [0.5, 0.6) is 0 Å². The van der Waals surface area contributed by atoms with Crippen molar-refractivity contribution in [2.75, 3.05) is 29.4 Å². The Morgan fingerprint density at radius 2 is 1.87 bits per heavy atom. The highest BCUT2D eigenvalue weighted by atomic mass is 32.2. The number of hydrogen-bond acceptors (Lipinski definition) is 4. The summed E-state index contributed by atoms with van der Waals surface area (Å²) in [6.45, 7) is 6.90. The van der Waals surface area contributed by atoms with Gasteiger partial charge in [-0.2, -0.15) is 0 Å². The lowest BCUT2D eigenvalue weighted by Crippen LogP contribution is -2.34. The molecule has 0 radical (unpaired) electrons. The van der Waals surface area contributed by atoms with Gasteiger partial charge in [-0.3, -0.25) is 4.79 Å². The van der Waals surface area contributed by atoms with Crippen LogP contribution in [0.25, 0.3) is 0 Å². The van der Waals surface area contributed by atoms with Crippen LogP contribution in [0.2, 0.25) is 0 Å². The molecule has 1 saturated heterocycles. The second kappa shape index (κ2) is 9.01. The van der Waals surface area contributed by atoms with E-state index in [1.807, 2.05) is 12.1 Å². The molecule has 6 nitrogen and oxygen atoms in total. The fourth-order valence-corrected chi connectivity index (χ4v) is 5.65. The van der Waals surface area contributed by atoms with Crippen molar-refractivity contribution in [2.24, 2.45) is 5.92 Å². The van der Waals surface area contributed by atoms with Crippen LogP contribution in [0.4, 0.5) is 11.4 Å². The van der Waals surface area contributed by atoms with Gasteiger partial charge in [-0.1, -0.05) is 19.1 Å². The Bertz CT molecular complexity index is 1050. The first-order chi connectivity index (χ1) is 14.8. The van der Waals surface area contributed by atoms with Gasteiger partial charge in [-0.15, -0.1) is 0 Å². The van der Waals surface area contributed by atoms with E-state index in [1.54, 1.807) is 30.0 Å². The molecule has 2 heterocycles. The molecule has 1 atom stereocenters. The molecule has 1 N–H and O–H groups in total. The molecule has 0 unspecified atom stereocenters. The summed E-state index contributed by atoms with van der Waals surface area (Å²) in [6.07, 6.45) is 4.12. The van der Waals surface area contributed by atoms with Crippen LogP contribution in [-0.2, 0) is 27.8 Å². The highest BCUT2D eigenvalue weighted by Gasteiger charge is 2.23. The second-order valence-electron chi connectivity index (χ2n) is 8.75. The number of piperidine rings is 1. The Morgan fingerprint density at radius 1 is 1.10 bits per heavy atom. The van der Waals surface area contributed by atoms with Gasteiger partial charge in [0.25, 0.3) is 0 Å². The van der Waals surface area contributed by atoms with Crippen LogP contribution in [-0.4, -0.2) is 34.0 Å². The summed E-state index contributed by atoms with van der Waals surface area (Å²) < 4.78 is 28.4. The van der Waals surface area contributed by atoms with Gasteiger partial charge in [-0.05, 0) is 73.1 Å². The number of fused-ring (bicyclic) bond motifs is 1. The van der Waals surface area contributed by atoms with Crippen molar-refractivity contribution in [3.05, 3.63) is 53.6 Å². The number of nitrogens with one attached hydrogen (secondary N) is 1. The summed E-state index contributed by atoms with van der Waals surface area (Å²) in [6, 6.07) is 13.2. The fraction of sp³-hybridized carbons (Fsp3) is 0.458. The van der Waals surface area contributed by atoms with E-state index in [1.165, 1.54) is 18.5 Å². The van der Waals surface area contributed by atoms with E-state index in [9.17, 15) is 13.2 Å². The molecule has 31 heavy (non-hydrogen) atoms. The van der Waals surface area contributed by atoms with Crippen LogP contribution in [0.3, 0.4) is 0 Å². The van der Waals surface area contributed by atoms with Gasteiger partial charge in [0.2, 0.25) is 15.9 Å². The summed E-state index contributed by atoms with van der Waals surface area (Å²) in [4.78, 5) is 16.2. The lowest BCUT2D eigenvalue weighted by Gasteiger charge is -2.32. The Hall–Kier alpha value is -2.38. The molecule has 0 aromatic heterocycles. The van der Waals surface area contributed by atoms with Gasteiger partial charge in [0.05, 0.1) is 4.90 Å². The summed E-state index contributed by atoms with van der Waals surface area (Å²) in [5, 5.41) is 0. The highest BCUT2D eigenvalue weighted by molar-refractivity contribution is 7.89. The molecule has 4 rings (SSSR count). The van der Waals surface area contributed by atoms with Crippen LogP contribution < -0.4 is 14.5 Å². The Morgan fingerprint density at radius 3 is 2.58 bits per heavy atom. The molecule has 2 aromatic carbocycles. The minimum atomic E-state index is -3.63. The van der Waals surface area contributed by atoms with E-state index in [2.05, 4.69) is 28.7 Å². The zero-order valence-corrected chi connectivity index (χ0v) is 19.1. The lowest BCUT2D eigenvalue weighted by molar-refractivity contribution is -0.116.